The quantitative estimate of drug-likeness (QED) is 0.882. The van der Waals surface area contributed by atoms with E-state index in [0.29, 0.717) is 6.04 Å². The van der Waals surface area contributed by atoms with E-state index in [-0.39, 0.29) is 5.54 Å². The molecule has 3 heteroatoms. The summed E-state index contributed by atoms with van der Waals surface area (Å²) in [5, 5.41) is 3.42. The molecule has 1 aliphatic rings. The summed E-state index contributed by atoms with van der Waals surface area (Å²) in [5.41, 5.74) is 1.48. The Labute approximate surface area is 110 Å². The van der Waals surface area contributed by atoms with Crippen molar-refractivity contribution < 1.29 is 4.74 Å². The predicted molar refractivity (Wildman–Crippen MR) is 74.7 cm³/mol. The van der Waals surface area contributed by atoms with Gasteiger partial charge < -0.3 is 10.1 Å². The summed E-state index contributed by atoms with van der Waals surface area (Å²) >= 11 is 0. The molecule has 3 nitrogen and oxygen atoms in total. The number of nitrogens with zero attached hydrogens (tertiary/aromatic N) is 1. The number of likely N-dealkylation sites (N-methyl/N-ethyl adjacent to an activating group) is 1. The zero-order valence-corrected chi connectivity index (χ0v) is 11.6. The molecule has 1 atom stereocenters. The Bertz CT molecular complexity index is 364. The van der Waals surface area contributed by atoms with Gasteiger partial charge in [-0.15, -0.1) is 0 Å². The lowest BCUT2D eigenvalue weighted by molar-refractivity contribution is -0.0543. The van der Waals surface area contributed by atoms with Crippen molar-refractivity contribution in [2.45, 2.75) is 25.4 Å². The molecule has 1 fully saturated rings. The molecule has 100 valence electrons. The van der Waals surface area contributed by atoms with E-state index in [9.17, 15) is 0 Å². The van der Waals surface area contributed by atoms with Gasteiger partial charge in [-0.25, -0.2) is 0 Å². The van der Waals surface area contributed by atoms with Gasteiger partial charge in [-0.05, 0) is 26.5 Å². The molecule has 1 saturated heterocycles. The lowest BCUT2D eigenvalue weighted by Gasteiger charge is -2.43. The van der Waals surface area contributed by atoms with Crippen LogP contribution < -0.4 is 5.32 Å². The molecule has 0 spiro atoms. The highest BCUT2D eigenvalue weighted by Crippen LogP contribution is 2.23. The van der Waals surface area contributed by atoms with Crippen LogP contribution in [-0.4, -0.2) is 43.8 Å². The Morgan fingerprint density at radius 3 is 2.67 bits per heavy atom. The van der Waals surface area contributed by atoms with Gasteiger partial charge in [0.05, 0.1) is 13.2 Å². The lowest BCUT2D eigenvalue weighted by atomic mass is 9.99. The van der Waals surface area contributed by atoms with Gasteiger partial charge in [0.2, 0.25) is 0 Å². The second kappa shape index (κ2) is 5.83. The molecule has 1 aliphatic heterocycles. The average molecular weight is 248 g/mol. The smallest absolute Gasteiger partial charge is 0.0645 e. The monoisotopic (exact) mass is 248 g/mol. The Hall–Kier alpha value is -0.900. The standard InChI is InChI=1S/C15H24N2O/c1-15(2)12-18-10-9-17(15)11-14(16-3)13-7-5-4-6-8-13/h4-8,14,16H,9-12H2,1-3H3. The van der Waals surface area contributed by atoms with Gasteiger partial charge in [0.25, 0.3) is 0 Å². The van der Waals surface area contributed by atoms with Crippen LogP contribution in [-0.2, 0) is 4.74 Å². The Morgan fingerprint density at radius 1 is 1.33 bits per heavy atom. The molecule has 0 saturated carbocycles. The third kappa shape index (κ3) is 3.10. The Kier molecular flexibility index (Phi) is 4.38. The summed E-state index contributed by atoms with van der Waals surface area (Å²) in [6, 6.07) is 11.0. The number of rotatable bonds is 4. The SMILES string of the molecule is CNC(CN1CCOCC1(C)C)c1ccccc1. The van der Waals surface area contributed by atoms with Gasteiger partial charge in [0.1, 0.15) is 0 Å². The van der Waals surface area contributed by atoms with Crippen molar-refractivity contribution in [3.05, 3.63) is 35.9 Å². The van der Waals surface area contributed by atoms with Crippen LogP contribution in [0.25, 0.3) is 0 Å². The topological polar surface area (TPSA) is 24.5 Å². The summed E-state index contributed by atoms with van der Waals surface area (Å²) in [7, 11) is 2.03. The van der Waals surface area contributed by atoms with Crippen molar-refractivity contribution in [1.29, 1.82) is 0 Å². The van der Waals surface area contributed by atoms with E-state index in [4.69, 9.17) is 4.74 Å². The van der Waals surface area contributed by atoms with Crippen molar-refractivity contribution >= 4 is 0 Å². The molecule has 0 aromatic heterocycles. The molecular formula is C15H24N2O. The third-order valence-corrected chi connectivity index (χ3v) is 3.77. The molecule has 0 aliphatic carbocycles. The first-order chi connectivity index (χ1) is 8.63. The van der Waals surface area contributed by atoms with Crippen LogP contribution in [0.4, 0.5) is 0 Å². The Balaban J connectivity index is 2.06. The van der Waals surface area contributed by atoms with Crippen LogP contribution >= 0.6 is 0 Å². The number of ether oxygens (including phenoxy) is 1. The van der Waals surface area contributed by atoms with Gasteiger partial charge in [0, 0.05) is 24.7 Å². The van der Waals surface area contributed by atoms with E-state index in [2.05, 4.69) is 54.4 Å². The number of nitrogens with one attached hydrogen (secondary N) is 1. The highest BCUT2D eigenvalue weighted by Gasteiger charge is 2.31. The second-order valence-electron chi connectivity index (χ2n) is 5.56. The minimum atomic E-state index is 0.127. The van der Waals surface area contributed by atoms with Crippen molar-refractivity contribution in [2.75, 3.05) is 33.4 Å². The highest BCUT2D eigenvalue weighted by atomic mass is 16.5. The zero-order chi connectivity index (χ0) is 13.0. The maximum atomic E-state index is 5.57. The fourth-order valence-electron chi connectivity index (χ4n) is 2.50. The van der Waals surface area contributed by atoms with Gasteiger partial charge in [0.15, 0.2) is 0 Å². The maximum Gasteiger partial charge on any atom is 0.0645 e. The van der Waals surface area contributed by atoms with Crippen LogP contribution in [0.3, 0.4) is 0 Å². The van der Waals surface area contributed by atoms with Crippen LogP contribution in [0.1, 0.15) is 25.5 Å². The minimum Gasteiger partial charge on any atom is -0.378 e. The Morgan fingerprint density at radius 2 is 2.06 bits per heavy atom. The summed E-state index contributed by atoms with van der Waals surface area (Å²) in [6.45, 7) is 8.20. The molecule has 1 unspecified atom stereocenters. The average Bonchev–Trinajstić information content (AvgIpc) is 2.38. The number of morpholine rings is 1. The number of benzene rings is 1. The van der Waals surface area contributed by atoms with E-state index in [1.165, 1.54) is 5.56 Å². The molecule has 1 aromatic rings. The van der Waals surface area contributed by atoms with Crippen LogP contribution in [0.15, 0.2) is 30.3 Å². The van der Waals surface area contributed by atoms with Crippen LogP contribution in [0.5, 0.6) is 0 Å². The number of hydrogen-bond donors (Lipinski definition) is 1. The van der Waals surface area contributed by atoms with Crippen molar-refractivity contribution in [3.8, 4) is 0 Å². The molecule has 18 heavy (non-hydrogen) atoms. The van der Waals surface area contributed by atoms with Gasteiger partial charge in [-0.2, -0.15) is 0 Å². The lowest BCUT2D eigenvalue weighted by Crippen LogP contribution is -2.54. The minimum absolute atomic E-state index is 0.127. The molecular weight excluding hydrogens is 224 g/mol. The normalized spacial score (nSPS) is 21.7. The summed E-state index contributed by atoms with van der Waals surface area (Å²) in [4.78, 5) is 2.52. The van der Waals surface area contributed by atoms with Crippen molar-refractivity contribution in [2.24, 2.45) is 0 Å². The summed E-state index contributed by atoms with van der Waals surface area (Å²) in [5.74, 6) is 0. The first kappa shape index (κ1) is 13.5. The molecule has 0 radical (unpaired) electrons. The van der Waals surface area contributed by atoms with Crippen LogP contribution in [0, 0.1) is 0 Å². The molecule has 1 N–H and O–H groups in total. The second-order valence-corrected chi connectivity index (χ2v) is 5.56. The van der Waals surface area contributed by atoms with Gasteiger partial charge >= 0.3 is 0 Å². The fraction of sp³-hybridized carbons (Fsp3) is 0.600. The molecule has 2 rings (SSSR count). The van der Waals surface area contributed by atoms with Gasteiger partial charge in [-0.3, -0.25) is 4.90 Å². The van der Waals surface area contributed by atoms with E-state index in [1.54, 1.807) is 0 Å². The summed E-state index contributed by atoms with van der Waals surface area (Å²) in [6.07, 6.45) is 0. The first-order valence-electron chi connectivity index (χ1n) is 6.68. The van der Waals surface area contributed by atoms with E-state index in [0.717, 1.165) is 26.3 Å². The largest absolute Gasteiger partial charge is 0.378 e. The van der Waals surface area contributed by atoms with Crippen LogP contribution in [0.2, 0.25) is 0 Å². The predicted octanol–water partition coefficient (Wildman–Crippen LogP) is 2.06. The van der Waals surface area contributed by atoms with E-state index in [1.807, 2.05) is 7.05 Å². The van der Waals surface area contributed by atoms with Crippen molar-refractivity contribution in [3.63, 3.8) is 0 Å². The molecule has 0 amide bonds. The van der Waals surface area contributed by atoms with Crippen molar-refractivity contribution in [1.82, 2.24) is 10.2 Å². The number of hydrogen-bond acceptors (Lipinski definition) is 3. The van der Waals surface area contributed by atoms with E-state index < -0.39 is 0 Å². The maximum absolute atomic E-state index is 5.57. The molecule has 1 heterocycles. The molecule has 0 bridgehead atoms. The fourth-order valence-corrected chi connectivity index (χ4v) is 2.50. The third-order valence-electron chi connectivity index (χ3n) is 3.77. The van der Waals surface area contributed by atoms with E-state index >= 15 is 0 Å². The molecule has 1 aromatic carbocycles. The van der Waals surface area contributed by atoms with Gasteiger partial charge in [-0.1, -0.05) is 30.3 Å². The first-order valence-corrected chi connectivity index (χ1v) is 6.68. The zero-order valence-electron chi connectivity index (χ0n) is 11.6. The summed E-state index contributed by atoms with van der Waals surface area (Å²) < 4.78 is 5.57. The highest BCUT2D eigenvalue weighted by molar-refractivity contribution is 5.19.